The summed E-state index contributed by atoms with van der Waals surface area (Å²) < 4.78 is 10.9. The van der Waals surface area contributed by atoms with Crippen molar-refractivity contribution >= 4 is 0 Å². The molecule has 92 valence electrons. The van der Waals surface area contributed by atoms with Gasteiger partial charge in [-0.25, -0.2) is 0 Å². The van der Waals surface area contributed by atoms with Gasteiger partial charge in [-0.15, -0.1) is 0 Å². The Bertz CT molecular complexity index is 506. The van der Waals surface area contributed by atoms with E-state index in [4.69, 9.17) is 15.0 Å². The number of rotatable bonds is 3. The maximum atomic E-state index is 8.15. The molecular weight excluding hydrogens is 230 g/mol. The molecule has 2 rings (SSSR count). The van der Waals surface area contributed by atoms with Crippen molar-refractivity contribution in [2.45, 2.75) is 12.7 Å². The monoisotopic (exact) mass is 243 g/mol. The zero-order valence-corrected chi connectivity index (χ0v) is 9.87. The van der Waals surface area contributed by atoms with Crippen molar-refractivity contribution in [1.82, 2.24) is 0 Å². The van der Waals surface area contributed by atoms with Gasteiger partial charge in [-0.2, -0.15) is 0 Å². The lowest BCUT2D eigenvalue weighted by Crippen LogP contribution is -2.00. The fraction of sp³-hybridized carbons (Fsp3) is 0.385. The third-order valence-corrected chi connectivity index (χ3v) is 2.46. The van der Waals surface area contributed by atoms with Gasteiger partial charge in [-0.3, -0.25) is 0 Å². The van der Waals surface area contributed by atoms with E-state index in [2.05, 4.69) is 21.9 Å². The summed E-state index contributed by atoms with van der Waals surface area (Å²) in [4.78, 5) is 2.68. The summed E-state index contributed by atoms with van der Waals surface area (Å²) in [7, 11) is 0. The van der Waals surface area contributed by atoms with Crippen LogP contribution in [0.25, 0.3) is 10.4 Å². The average molecular weight is 243 g/mol. The molecule has 0 atom stereocenters. The molecule has 0 aliphatic carbocycles. The van der Waals surface area contributed by atoms with Gasteiger partial charge >= 0.3 is 0 Å². The fourth-order valence-corrected chi connectivity index (χ4v) is 1.66. The van der Waals surface area contributed by atoms with Crippen molar-refractivity contribution in [2.24, 2.45) is 5.11 Å². The van der Waals surface area contributed by atoms with Crippen LogP contribution in [0.5, 0.6) is 0 Å². The quantitative estimate of drug-likeness (QED) is 0.269. The van der Waals surface area contributed by atoms with Gasteiger partial charge < -0.3 is 9.47 Å². The Morgan fingerprint density at radius 2 is 2.11 bits per heavy atom. The van der Waals surface area contributed by atoms with Crippen molar-refractivity contribution in [3.05, 3.63) is 45.8 Å². The first-order chi connectivity index (χ1) is 8.92. The molecule has 1 saturated heterocycles. The Balaban J connectivity index is 2.09. The summed E-state index contributed by atoms with van der Waals surface area (Å²) in [6, 6.07) is 7.75. The number of azide groups is 1. The van der Waals surface area contributed by atoms with Gasteiger partial charge in [-0.1, -0.05) is 35.2 Å². The lowest BCUT2D eigenvalue weighted by Gasteiger charge is -2.10. The van der Waals surface area contributed by atoms with E-state index in [1.165, 1.54) is 0 Å². The molecule has 1 heterocycles. The topological polar surface area (TPSA) is 67.2 Å². The molecule has 1 fully saturated rings. The van der Waals surface area contributed by atoms with Crippen LogP contribution in [0, 0.1) is 11.8 Å². The highest BCUT2D eigenvalue weighted by molar-refractivity contribution is 5.42. The van der Waals surface area contributed by atoms with Crippen LogP contribution in [-0.4, -0.2) is 19.8 Å². The van der Waals surface area contributed by atoms with Gasteiger partial charge in [0.2, 0.25) is 0 Å². The smallest absolute Gasteiger partial charge is 0.185 e. The largest absolute Gasteiger partial charge is 0.346 e. The third kappa shape index (κ3) is 3.25. The van der Waals surface area contributed by atoms with Gasteiger partial charge in [0.1, 0.15) is 0 Å². The molecule has 5 heteroatoms. The highest BCUT2D eigenvalue weighted by atomic mass is 16.7. The summed E-state index contributed by atoms with van der Waals surface area (Å²) in [6.45, 7) is 1.62. The maximum absolute atomic E-state index is 8.15. The first kappa shape index (κ1) is 12.5. The maximum Gasteiger partial charge on any atom is 0.185 e. The van der Waals surface area contributed by atoms with E-state index in [0.717, 1.165) is 11.1 Å². The number of ether oxygens (including phenoxy) is 2. The van der Waals surface area contributed by atoms with Gasteiger partial charge in [0.15, 0.2) is 6.29 Å². The molecule has 0 unspecified atom stereocenters. The van der Waals surface area contributed by atoms with Crippen molar-refractivity contribution in [3.8, 4) is 11.8 Å². The highest BCUT2D eigenvalue weighted by Crippen LogP contribution is 2.25. The van der Waals surface area contributed by atoms with Crippen LogP contribution in [0.2, 0.25) is 0 Å². The Hall–Kier alpha value is -1.99. The second-order valence-electron chi connectivity index (χ2n) is 3.67. The standard InChI is InChI=1S/C13H13N3O2/c14-16-15-8-4-3-6-11-5-1-2-7-12(11)13-17-9-10-18-13/h1-2,5,7,13H,4,8-10H2. The average Bonchev–Trinajstić information content (AvgIpc) is 2.93. The lowest BCUT2D eigenvalue weighted by molar-refractivity contribution is -0.0442. The lowest BCUT2D eigenvalue weighted by atomic mass is 10.1. The molecule has 0 spiro atoms. The second-order valence-corrected chi connectivity index (χ2v) is 3.67. The van der Waals surface area contributed by atoms with Crippen molar-refractivity contribution in [3.63, 3.8) is 0 Å². The molecule has 1 aliphatic heterocycles. The van der Waals surface area contributed by atoms with Crippen LogP contribution >= 0.6 is 0 Å². The minimum atomic E-state index is -0.312. The van der Waals surface area contributed by atoms with Crippen LogP contribution in [0.15, 0.2) is 29.4 Å². The van der Waals surface area contributed by atoms with Crippen LogP contribution in [0.3, 0.4) is 0 Å². The zero-order chi connectivity index (χ0) is 12.6. The molecule has 0 saturated carbocycles. The molecule has 0 aromatic heterocycles. The Morgan fingerprint density at radius 1 is 1.33 bits per heavy atom. The Labute approximate surface area is 105 Å². The minimum Gasteiger partial charge on any atom is -0.346 e. The molecular formula is C13H13N3O2. The van der Waals surface area contributed by atoms with E-state index in [0.29, 0.717) is 26.2 Å². The molecule has 18 heavy (non-hydrogen) atoms. The summed E-state index contributed by atoms with van der Waals surface area (Å²) in [5.74, 6) is 6.03. The molecule has 0 bridgehead atoms. The van der Waals surface area contributed by atoms with E-state index < -0.39 is 0 Å². The molecule has 0 amide bonds. The predicted molar refractivity (Wildman–Crippen MR) is 66.6 cm³/mol. The number of nitrogens with zero attached hydrogens (tertiary/aromatic N) is 3. The summed E-state index contributed by atoms with van der Waals surface area (Å²) in [6.07, 6.45) is 0.234. The summed E-state index contributed by atoms with van der Waals surface area (Å²) in [5, 5.41) is 3.43. The molecule has 1 aromatic carbocycles. The molecule has 1 aromatic rings. The zero-order valence-electron chi connectivity index (χ0n) is 9.87. The summed E-state index contributed by atoms with van der Waals surface area (Å²) in [5.41, 5.74) is 9.99. The number of hydrogen-bond acceptors (Lipinski definition) is 3. The van der Waals surface area contributed by atoms with Crippen molar-refractivity contribution in [1.29, 1.82) is 0 Å². The van der Waals surface area contributed by atoms with Crippen LogP contribution in [0.4, 0.5) is 0 Å². The van der Waals surface area contributed by atoms with Crippen molar-refractivity contribution in [2.75, 3.05) is 19.8 Å². The van der Waals surface area contributed by atoms with E-state index in [-0.39, 0.29) is 6.29 Å². The predicted octanol–water partition coefficient (Wildman–Crippen LogP) is 2.78. The Morgan fingerprint density at radius 3 is 2.89 bits per heavy atom. The minimum absolute atomic E-state index is 0.312. The first-order valence-corrected chi connectivity index (χ1v) is 5.73. The Kier molecular flexibility index (Phi) is 4.62. The first-order valence-electron chi connectivity index (χ1n) is 5.73. The molecule has 1 aliphatic rings. The van der Waals surface area contributed by atoms with Crippen molar-refractivity contribution < 1.29 is 9.47 Å². The third-order valence-electron chi connectivity index (χ3n) is 2.46. The van der Waals surface area contributed by atoms with Crippen LogP contribution in [0.1, 0.15) is 23.8 Å². The fourth-order valence-electron chi connectivity index (χ4n) is 1.66. The van der Waals surface area contributed by atoms with E-state index in [1.54, 1.807) is 0 Å². The van der Waals surface area contributed by atoms with E-state index in [1.807, 2.05) is 24.3 Å². The van der Waals surface area contributed by atoms with Crippen LogP contribution < -0.4 is 0 Å². The molecule has 0 N–H and O–H groups in total. The van der Waals surface area contributed by atoms with Gasteiger partial charge in [0.25, 0.3) is 0 Å². The van der Waals surface area contributed by atoms with Crippen LogP contribution in [-0.2, 0) is 9.47 Å². The number of hydrogen-bond donors (Lipinski definition) is 0. The van der Waals surface area contributed by atoms with E-state index in [9.17, 15) is 0 Å². The second kappa shape index (κ2) is 6.67. The van der Waals surface area contributed by atoms with Gasteiger partial charge in [0, 0.05) is 29.0 Å². The van der Waals surface area contributed by atoms with E-state index >= 15 is 0 Å². The molecule has 0 radical (unpaired) electrons. The van der Waals surface area contributed by atoms with Gasteiger partial charge in [-0.05, 0) is 11.6 Å². The number of benzene rings is 1. The normalized spacial score (nSPS) is 14.7. The summed E-state index contributed by atoms with van der Waals surface area (Å²) >= 11 is 0. The highest BCUT2D eigenvalue weighted by Gasteiger charge is 2.20. The molecule has 5 nitrogen and oxygen atoms in total. The SMILES string of the molecule is [N-]=[N+]=NCCC#Cc1ccccc1C1OCCO1. The van der Waals surface area contributed by atoms with Gasteiger partial charge in [0.05, 0.1) is 13.2 Å².